The summed E-state index contributed by atoms with van der Waals surface area (Å²) < 4.78 is 5.87. The van der Waals surface area contributed by atoms with Crippen molar-refractivity contribution < 1.29 is 38.9 Å². The molecule has 1 aliphatic heterocycles. The summed E-state index contributed by atoms with van der Waals surface area (Å²) in [6.07, 6.45) is 4.20. The molecule has 2 aromatic rings. The van der Waals surface area contributed by atoms with Gasteiger partial charge in [0.25, 0.3) is 5.91 Å². The molecule has 0 saturated carbocycles. The fourth-order valence-corrected chi connectivity index (χ4v) is 8.73. The first kappa shape index (κ1) is 46.7. The van der Waals surface area contributed by atoms with Crippen molar-refractivity contribution in [3.05, 3.63) is 45.9 Å². The van der Waals surface area contributed by atoms with Crippen LogP contribution in [0.2, 0.25) is 0 Å². The lowest BCUT2D eigenvalue weighted by atomic mass is 9.92. The van der Waals surface area contributed by atoms with Gasteiger partial charge in [-0.15, -0.1) is 23.1 Å². The van der Waals surface area contributed by atoms with Gasteiger partial charge in [0.2, 0.25) is 11.8 Å². The topological polar surface area (TPSA) is 178 Å². The molecule has 1 aliphatic rings. The molecule has 312 valence electrons. The molecule has 56 heavy (non-hydrogen) atoms. The number of esters is 1. The lowest BCUT2D eigenvalue weighted by Gasteiger charge is -2.40. The fraction of sp³-hybridized carbons (Fsp3) is 0.659. The number of rotatable bonds is 22. The molecule has 3 rings (SSSR count). The SMILES string of the molecule is CCCSCN(C(=O)[C@@H](NC(=O)[C@H]1CCCCN1C)[C@@H](C)CC)[C@H](C[C@@H](OC(C)=O)c1nc(C(=O)N[C@@H](Cc2ccc(O)cc2)C[C@H](C)C(=O)O)cs1)C(C)C. The smallest absolute Gasteiger partial charge is 0.306 e. The Morgan fingerprint density at radius 1 is 1.05 bits per heavy atom. The second-order valence-corrected chi connectivity index (χ2v) is 17.4. The summed E-state index contributed by atoms with van der Waals surface area (Å²) in [7, 11) is 1.95. The van der Waals surface area contributed by atoms with E-state index in [-0.39, 0.29) is 54.0 Å². The number of nitrogens with zero attached hydrogens (tertiary/aromatic N) is 3. The van der Waals surface area contributed by atoms with E-state index in [9.17, 15) is 34.2 Å². The van der Waals surface area contributed by atoms with Crippen LogP contribution in [0.4, 0.5) is 0 Å². The normalized spacial score (nSPS) is 17.9. The van der Waals surface area contributed by atoms with Crippen molar-refractivity contribution in [1.82, 2.24) is 25.4 Å². The zero-order valence-corrected chi connectivity index (χ0v) is 35.9. The van der Waals surface area contributed by atoms with Crippen LogP contribution in [0, 0.1) is 17.8 Å². The van der Waals surface area contributed by atoms with Gasteiger partial charge in [-0.3, -0.25) is 28.9 Å². The number of carboxylic acid groups (broad SMARTS) is 1. The molecule has 4 N–H and O–H groups in total. The third kappa shape index (κ3) is 14.0. The Kier molecular flexibility index (Phi) is 19.1. The number of likely N-dealkylation sites (tertiary alicyclic amines) is 1. The van der Waals surface area contributed by atoms with Crippen LogP contribution in [-0.2, 0) is 30.3 Å². The molecule has 0 spiro atoms. The number of amides is 3. The van der Waals surface area contributed by atoms with Gasteiger partial charge < -0.3 is 30.5 Å². The Balaban J connectivity index is 1.91. The molecule has 1 saturated heterocycles. The Morgan fingerprint density at radius 3 is 2.34 bits per heavy atom. The molecule has 1 aromatic carbocycles. The highest BCUT2D eigenvalue weighted by atomic mass is 32.2. The zero-order valence-electron chi connectivity index (χ0n) is 34.3. The van der Waals surface area contributed by atoms with Gasteiger partial charge in [0.15, 0.2) is 6.10 Å². The van der Waals surface area contributed by atoms with E-state index in [4.69, 9.17) is 4.74 Å². The van der Waals surface area contributed by atoms with Crippen LogP contribution in [0.3, 0.4) is 0 Å². The Hall–Kier alpha value is -3.69. The monoisotopic (exact) mass is 817 g/mol. The minimum atomic E-state index is -0.981. The number of aliphatic carboxylic acids is 1. The number of thioether (sulfide) groups is 1. The number of carboxylic acids is 1. The summed E-state index contributed by atoms with van der Waals surface area (Å²) in [5.41, 5.74) is 0.910. The highest BCUT2D eigenvalue weighted by molar-refractivity contribution is 7.99. The van der Waals surface area contributed by atoms with Crippen LogP contribution in [0.15, 0.2) is 29.6 Å². The average molecular weight is 818 g/mol. The van der Waals surface area contributed by atoms with E-state index in [1.54, 1.807) is 36.2 Å². The van der Waals surface area contributed by atoms with Crippen LogP contribution < -0.4 is 10.6 Å². The number of thiazole rings is 1. The molecule has 3 amide bonds. The van der Waals surface area contributed by atoms with E-state index in [1.165, 1.54) is 30.4 Å². The predicted molar refractivity (Wildman–Crippen MR) is 220 cm³/mol. The third-order valence-corrected chi connectivity index (χ3v) is 12.6. The summed E-state index contributed by atoms with van der Waals surface area (Å²) in [6.45, 7) is 13.8. The van der Waals surface area contributed by atoms with Crippen LogP contribution in [0.25, 0.3) is 0 Å². The number of carbonyl (C=O) groups is 5. The van der Waals surface area contributed by atoms with Crippen molar-refractivity contribution in [2.45, 2.75) is 130 Å². The molecule has 0 unspecified atom stereocenters. The van der Waals surface area contributed by atoms with Crippen molar-refractivity contribution in [3.8, 4) is 5.75 Å². The fourth-order valence-electron chi connectivity index (χ4n) is 6.96. The number of phenols is 1. The first-order chi connectivity index (χ1) is 26.6. The van der Waals surface area contributed by atoms with Gasteiger partial charge in [-0.05, 0) is 81.0 Å². The lowest BCUT2D eigenvalue weighted by molar-refractivity contribution is -0.149. The van der Waals surface area contributed by atoms with Crippen LogP contribution in [0.5, 0.6) is 5.75 Å². The lowest BCUT2D eigenvalue weighted by Crippen LogP contribution is -2.58. The molecule has 0 aliphatic carbocycles. The van der Waals surface area contributed by atoms with E-state index in [0.717, 1.165) is 43.5 Å². The van der Waals surface area contributed by atoms with Gasteiger partial charge in [0, 0.05) is 30.8 Å². The van der Waals surface area contributed by atoms with Gasteiger partial charge in [-0.2, -0.15) is 0 Å². The van der Waals surface area contributed by atoms with Gasteiger partial charge in [-0.25, -0.2) is 4.98 Å². The first-order valence-electron chi connectivity index (χ1n) is 19.9. The maximum Gasteiger partial charge on any atom is 0.306 e. The van der Waals surface area contributed by atoms with E-state index in [0.29, 0.717) is 23.7 Å². The number of carbonyl (C=O) groups excluding carboxylic acids is 4. The van der Waals surface area contributed by atoms with Crippen molar-refractivity contribution in [3.63, 3.8) is 0 Å². The number of piperidine rings is 1. The Bertz CT molecular complexity index is 1590. The molecule has 15 heteroatoms. The maximum atomic E-state index is 14.7. The molecular weight excluding hydrogens is 755 g/mol. The second kappa shape index (κ2) is 22.9. The number of aromatic hydroxyl groups is 1. The highest BCUT2D eigenvalue weighted by Gasteiger charge is 2.39. The minimum Gasteiger partial charge on any atom is -0.508 e. The summed E-state index contributed by atoms with van der Waals surface area (Å²) in [6, 6.07) is 4.52. The zero-order chi connectivity index (χ0) is 41.5. The average Bonchev–Trinajstić information content (AvgIpc) is 3.65. The van der Waals surface area contributed by atoms with Gasteiger partial charge >= 0.3 is 11.9 Å². The number of nitrogens with one attached hydrogen (secondary N) is 2. The number of likely N-dealkylation sites (N-methyl/N-ethyl adjacent to an activating group) is 1. The molecule has 0 radical (unpaired) electrons. The highest BCUT2D eigenvalue weighted by Crippen LogP contribution is 2.32. The minimum absolute atomic E-state index is 0.0726. The predicted octanol–water partition coefficient (Wildman–Crippen LogP) is 6.26. The summed E-state index contributed by atoms with van der Waals surface area (Å²) in [5, 5.41) is 27.4. The number of aromatic nitrogens is 1. The first-order valence-corrected chi connectivity index (χ1v) is 21.9. The third-order valence-electron chi connectivity index (χ3n) is 10.5. The maximum absolute atomic E-state index is 14.7. The van der Waals surface area contributed by atoms with E-state index in [2.05, 4.69) is 27.4 Å². The van der Waals surface area contributed by atoms with Crippen molar-refractivity contribution >= 4 is 52.8 Å². The number of benzene rings is 1. The largest absolute Gasteiger partial charge is 0.508 e. The standard InChI is InChI=1S/C41H63N5O8S2/c1-9-19-55-24-46(40(51)36(26(5)10-2)44-38(50)33-13-11-12-18-45(33)8)34(25(3)4)22-35(54-28(7)47)39-43-32(23-56-39)37(49)42-30(20-27(6)41(52)53)21-29-14-16-31(48)17-15-29/h14-17,23,25-27,30,33-36,48H,9-13,18-22,24H2,1-8H3,(H,42,49)(H,44,50)(H,52,53)/t26-,27-,30+,33+,34+,35+,36-/m0/s1. The molecule has 1 aromatic heterocycles. The Labute approximate surface area is 340 Å². The number of ether oxygens (including phenoxy) is 1. The summed E-state index contributed by atoms with van der Waals surface area (Å²) in [4.78, 5) is 74.8. The van der Waals surface area contributed by atoms with E-state index in [1.807, 2.05) is 39.6 Å². The van der Waals surface area contributed by atoms with Crippen molar-refractivity contribution in [2.75, 3.05) is 25.2 Å². The van der Waals surface area contributed by atoms with Crippen LogP contribution >= 0.6 is 23.1 Å². The van der Waals surface area contributed by atoms with E-state index >= 15 is 0 Å². The number of hydrogen-bond donors (Lipinski definition) is 4. The van der Waals surface area contributed by atoms with Crippen molar-refractivity contribution in [1.29, 1.82) is 0 Å². The molecule has 0 bridgehead atoms. The second-order valence-electron chi connectivity index (χ2n) is 15.4. The molecule has 2 heterocycles. The van der Waals surface area contributed by atoms with Crippen LogP contribution in [-0.4, -0.2) is 104 Å². The quantitative estimate of drug-likeness (QED) is 0.0599. The Morgan fingerprint density at radius 2 is 1.75 bits per heavy atom. The molecular formula is C41H63N5O8S2. The summed E-state index contributed by atoms with van der Waals surface area (Å²) >= 11 is 2.81. The number of hydrogen-bond acceptors (Lipinski definition) is 11. The van der Waals surface area contributed by atoms with Crippen LogP contribution in [0.1, 0.15) is 121 Å². The van der Waals surface area contributed by atoms with Crippen molar-refractivity contribution in [2.24, 2.45) is 17.8 Å². The van der Waals surface area contributed by atoms with Gasteiger partial charge in [-0.1, -0.05) is 66.5 Å². The van der Waals surface area contributed by atoms with E-state index < -0.39 is 48.0 Å². The molecule has 1 fully saturated rings. The molecule has 13 nitrogen and oxygen atoms in total. The number of phenolic OH excluding ortho intramolecular Hbond substituents is 1. The van der Waals surface area contributed by atoms with Gasteiger partial charge in [0.05, 0.1) is 17.8 Å². The molecule has 7 atom stereocenters. The van der Waals surface area contributed by atoms with Gasteiger partial charge in [0.1, 0.15) is 22.5 Å². The summed E-state index contributed by atoms with van der Waals surface area (Å²) in [5.74, 6) is -1.94.